The van der Waals surface area contributed by atoms with Gasteiger partial charge in [-0.25, -0.2) is 5.01 Å². The van der Waals surface area contributed by atoms with Crippen LogP contribution in [0.1, 0.15) is 32.3 Å². The number of hydrogen-bond donors (Lipinski definition) is 2. The van der Waals surface area contributed by atoms with Crippen molar-refractivity contribution in [3.05, 3.63) is 54.1 Å². The first-order chi connectivity index (χ1) is 12.4. The standard InChI is InChI=1S/C20H21N3O3/c1-12-15-8-4-5-9-16(15)17-10-6-7-11-18(17)23(20(12)26)22-19(25)13(2)21-14(3)24/h4-13H,1-3H3,(H,21,24)(H,22,25)/t12?,13-/m0/s1. The van der Waals surface area contributed by atoms with Crippen LogP contribution in [0.25, 0.3) is 11.1 Å². The van der Waals surface area contributed by atoms with E-state index in [1.54, 1.807) is 13.0 Å². The third-order valence-corrected chi connectivity index (χ3v) is 4.49. The number of para-hydroxylation sites is 1. The molecular weight excluding hydrogens is 330 g/mol. The molecule has 0 aliphatic carbocycles. The van der Waals surface area contributed by atoms with E-state index < -0.39 is 17.9 Å². The molecule has 0 saturated heterocycles. The number of carbonyl (C=O) groups is 3. The number of fused-ring (bicyclic) bond motifs is 3. The molecule has 0 aromatic heterocycles. The number of amides is 3. The van der Waals surface area contributed by atoms with Crippen LogP contribution in [0.2, 0.25) is 0 Å². The van der Waals surface area contributed by atoms with Crippen LogP contribution in [0.4, 0.5) is 5.69 Å². The molecule has 1 unspecified atom stereocenters. The van der Waals surface area contributed by atoms with Crippen LogP contribution in [0.5, 0.6) is 0 Å². The number of nitrogens with one attached hydrogen (secondary N) is 2. The van der Waals surface area contributed by atoms with Gasteiger partial charge in [-0.15, -0.1) is 0 Å². The lowest BCUT2D eigenvalue weighted by atomic mass is 9.92. The molecule has 2 aromatic rings. The number of anilines is 1. The summed E-state index contributed by atoms with van der Waals surface area (Å²) in [5.74, 6) is -1.42. The number of rotatable bonds is 3. The molecule has 0 bridgehead atoms. The lowest BCUT2D eigenvalue weighted by Crippen LogP contribution is -2.54. The summed E-state index contributed by atoms with van der Waals surface area (Å²) in [5.41, 5.74) is 6.02. The van der Waals surface area contributed by atoms with Gasteiger partial charge in [0.25, 0.3) is 11.8 Å². The monoisotopic (exact) mass is 351 g/mol. The third-order valence-electron chi connectivity index (χ3n) is 4.49. The number of carbonyl (C=O) groups excluding carboxylic acids is 3. The maximum absolute atomic E-state index is 13.1. The van der Waals surface area contributed by atoms with Crippen LogP contribution in [0.15, 0.2) is 48.5 Å². The SMILES string of the molecule is CC(=O)N[C@@H](C)C(=O)NN1C(=O)C(C)c2ccccc2-c2ccccc21. The van der Waals surface area contributed by atoms with Gasteiger partial charge in [-0.2, -0.15) is 0 Å². The van der Waals surface area contributed by atoms with Crippen molar-refractivity contribution in [2.45, 2.75) is 32.7 Å². The van der Waals surface area contributed by atoms with E-state index in [1.165, 1.54) is 11.9 Å². The first kappa shape index (κ1) is 17.7. The average Bonchev–Trinajstić information content (AvgIpc) is 2.71. The highest BCUT2D eigenvalue weighted by atomic mass is 16.2. The number of benzene rings is 2. The first-order valence-corrected chi connectivity index (χ1v) is 8.50. The molecule has 2 atom stereocenters. The summed E-state index contributed by atoms with van der Waals surface area (Å²) in [6, 6.07) is 14.4. The lowest BCUT2D eigenvalue weighted by molar-refractivity contribution is -0.129. The number of hydrazine groups is 1. The molecular formula is C20H21N3O3. The molecule has 6 heteroatoms. The molecule has 1 aliphatic heterocycles. The van der Waals surface area contributed by atoms with Crippen molar-refractivity contribution in [1.29, 1.82) is 0 Å². The van der Waals surface area contributed by atoms with Gasteiger partial charge in [0.05, 0.1) is 11.6 Å². The predicted molar refractivity (Wildman–Crippen MR) is 99.2 cm³/mol. The second-order valence-electron chi connectivity index (χ2n) is 6.40. The Morgan fingerprint density at radius 3 is 2.35 bits per heavy atom. The van der Waals surface area contributed by atoms with Crippen molar-refractivity contribution in [3.8, 4) is 11.1 Å². The van der Waals surface area contributed by atoms with E-state index in [2.05, 4.69) is 10.7 Å². The Kier molecular flexibility index (Phi) is 4.75. The minimum atomic E-state index is -0.756. The zero-order valence-corrected chi connectivity index (χ0v) is 14.9. The highest BCUT2D eigenvalue weighted by molar-refractivity contribution is 6.06. The fourth-order valence-electron chi connectivity index (χ4n) is 3.15. The summed E-state index contributed by atoms with van der Waals surface area (Å²) in [7, 11) is 0. The third kappa shape index (κ3) is 3.18. The number of hydrogen-bond acceptors (Lipinski definition) is 3. The van der Waals surface area contributed by atoms with Crippen LogP contribution in [0.3, 0.4) is 0 Å². The highest BCUT2D eigenvalue weighted by Gasteiger charge is 2.32. The minimum absolute atomic E-state index is 0.231. The van der Waals surface area contributed by atoms with Crippen LogP contribution < -0.4 is 15.8 Å². The van der Waals surface area contributed by atoms with Crippen molar-refractivity contribution in [1.82, 2.24) is 10.7 Å². The molecule has 134 valence electrons. The van der Waals surface area contributed by atoms with Crippen molar-refractivity contribution in [3.63, 3.8) is 0 Å². The summed E-state index contributed by atoms with van der Waals surface area (Å²) < 4.78 is 0. The highest BCUT2D eigenvalue weighted by Crippen LogP contribution is 2.39. The van der Waals surface area contributed by atoms with Gasteiger partial charge < -0.3 is 5.32 Å². The molecule has 3 amide bonds. The molecule has 0 spiro atoms. The maximum atomic E-state index is 13.1. The molecule has 1 heterocycles. The quantitative estimate of drug-likeness (QED) is 0.891. The Bertz CT molecular complexity index is 878. The van der Waals surface area contributed by atoms with Crippen molar-refractivity contribution in [2.24, 2.45) is 0 Å². The molecule has 0 radical (unpaired) electrons. The Morgan fingerprint density at radius 1 is 1.04 bits per heavy atom. The summed E-state index contributed by atoms with van der Waals surface area (Å²) in [4.78, 5) is 36.7. The summed E-state index contributed by atoms with van der Waals surface area (Å²) in [6.07, 6.45) is 0. The normalized spacial score (nSPS) is 16.8. The zero-order chi connectivity index (χ0) is 18.8. The van der Waals surface area contributed by atoms with Gasteiger partial charge >= 0.3 is 0 Å². The number of nitrogens with zero attached hydrogens (tertiary/aromatic N) is 1. The molecule has 26 heavy (non-hydrogen) atoms. The Hall–Kier alpha value is -3.15. The predicted octanol–water partition coefficient (Wildman–Crippen LogP) is 2.36. The van der Waals surface area contributed by atoms with Crippen LogP contribution in [0, 0.1) is 0 Å². The molecule has 6 nitrogen and oxygen atoms in total. The Morgan fingerprint density at radius 2 is 1.65 bits per heavy atom. The molecule has 0 fully saturated rings. The Labute approximate surface area is 152 Å². The van der Waals surface area contributed by atoms with Gasteiger partial charge in [0.15, 0.2) is 0 Å². The van der Waals surface area contributed by atoms with Gasteiger partial charge in [-0.1, -0.05) is 42.5 Å². The van der Waals surface area contributed by atoms with Gasteiger partial charge in [0.1, 0.15) is 6.04 Å². The van der Waals surface area contributed by atoms with E-state index in [0.717, 1.165) is 16.7 Å². The van der Waals surface area contributed by atoms with E-state index in [4.69, 9.17) is 0 Å². The fraction of sp³-hybridized carbons (Fsp3) is 0.250. The first-order valence-electron chi connectivity index (χ1n) is 8.50. The zero-order valence-electron chi connectivity index (χ0n) is 14.9. The van der Waals surface area contributed by atoms with E-state index in [-0.39, 0.29) is 11.8 Å². The minimum Gasteiger partial charge on any atom is -0.345 e. The van der Waals surface area contributed by atoms with Crippen LogP contribution in [-0.4, -0.2) is 23.8 Å². The second-order valence-corrected chi connectivity index (χ2v) is 6.40. The largest absolute Gasteiger partial charge is 0.345 e. The lowest BCUT2D eigenvalue weighted by Gasteiger charge is -2.26. The van der Waals surface area contributed by atoms with E-state index in [0.29, 0.717) is 5.69 Å². The molecule has 2 aromatic carbocycles. The summed E-state index contributed by atoms with van der Waals surface area (Å²) in [6.45, 7) is 4.74. The van der Waals surface area contributed by atoms with E-state index >= 15 is 0 Å². The van der Waals surface area contributed by atoms with E-state index in [1.807, 2.05) is 49.4 Å². The van der Waals surface area contributed by atoms with Gasteiger partial charge in [0, 0.05) is 12.5 Å². The van der Waals surface area contributed by atoms with Gasteiger partial charge in [0.2, 0.25) is 5.91 Å². The topological polar surface area (TPSA) is 78.5 Å². The maximum Gasteiger partial charge on any atom is 0.261 e. The smallest absolute Gasteiger partial charge is 0.261 e. The van der Waals surface area contributed by atoms with Crippen molar-refractivity contribution < 1.29 is 14.4 Å². The van der Waals surface area contributed by atoms with Gasteiger partial charge in [-0.05, 0) is 31.0 Å². The molecule has 3 rings (SSSR count). The average molecular weight is 351 g/mol. The summed E-state index contributed by atoms with van der Waals surface area (Å²) >= 11 is 0. The van der Waals surface area contributed by atoms with E-state index in [9.17, 15) is 14.4 Å². The fourth-order valence-corrected chi connectivity index (χ4v) is 3.15. The van der Waals surface area contributed by atoms with Crippen molar-refractivity contribution >= 4 is 23.4 Å². The van der Waals surface area contributed by atoms with Crippen molar-refractivity contribution in [2.75, 3.05) is 5.01 Å². The second kappa shape index (κ2) is 7.00. The van der Waals surface area contributed by atoms with Crippen LogP contribution >= 0.6 is 0 Å². The van der Waals surface area contributed by atoms with Crippen LogP contribution in [-0.2, 0) is 14.4 Å². The Balaban J connectivity index is 2.03. The molecule has 2 N–H and O–H groups in total. The summed E-state index contributed by atoms with van der Waals surface area (Å²) in [5, 5.41) is 3.82. The molecule has 1 aliphatic rings. The molecule has 0 saturated carbocycles. The van der Waals surface area contributed by atoms with Gasteiger partial charge in [-0.3, -0.25) is 19.8 Å².